The van der Waals surface area contributed by atoms with E-state index in [1.54, 1.807) is 23.5 Å². The van der Waals surface area contributed by atoms with Crippen molar-refractivity contribution in [3.63, 3.8) is 0 Å². The number of amides is 2. The second kappa shape index (κ2) is 7.56. The maximum Gasteiger partial charge on any atom is 0.416 e. The number of benzene rings is 3. The van der Waals surface area contributed by atoms with E-state index in [0.29, 0.717) is 5.69 Å². The highest BCUT2D eigenvalue weighted by Crippen LogP contribution is 2.31. The van der Waals surface area contributed by atoms with Crippen LogP contribution in [0.2, 0.25) is 0 Å². The molecule has 29 heavy (non-hydrogen) atoms. The standard InChI is InChI=1S/C21H14F3N3OS/c22-21(23,24)14-7-11-16(12-8-14)26-20(28)25-15-9-5-13(6-10-15)19-27-17-3-1-2-4-18(17)29-19/h1-12H,(H2,25,26,28). The van der Waals surface area contributed by atoms with E-state index >= 15 is 0 Å². The number of urea groups is 1. The van der Waals surface area contributed by atoms with Gasteiger partial charge in [-0.1, -0.05) is 12.1 Å². The quantitative estimate of drug-likeness (QED) is 0.396. The van der Waals surface area contributed by atoms with E-state index in [4.69, 9.17) is 0 Å². The smallest absolute Gasteiger partial charge is 0.308 e. The molecule has 0 saturated heterocycles. The normalized spacial score (nSPS) is 11.4. The lowest BCUT2D eigenvalue weighted by Crippen LogP contribution is -2.19. The summed E-state index contributed by atoms with van der Waals surface area (Å²) in [5.74, 6) is 0. The Morgan fingerprint density at radius 3 is 2.00 bits per heavy atom. The van der Waals surface area contributed by atoms with Crippen LogP contribution in [0.5, 0.6) is 0 Å². The molecule has 146 valence electrons. The van der Waals surface area contributed by atoms with Gasteiger partial charge in [0.2, 0.25) is 0 Å². The topological polar surface area (TPSA) is 54.0 Å². The summed E-state index contributed by atoms with van der Waals surface area (Å²) >= 11 is 1.58. The Morgan fingerprint density at radius 1 is 0.828 bits per heavy atom. The maximum absolute atomic E-state index is 12.6. The van der Waals surface area contributed by atoms with Crippen LogP contribution in [0.3, 0.4) is 0 Å². The average Bonchev–Trinajstić information content (AvgIpc) is 3.12. The molecule has 0 aliphatic heterocycles. The molecular formula is C21H14F3N3OS. The van der Waals surface area contributed by atoms with Crippen molar-refractivity contribution in [2.45, 2.75) is 6.18 Å². The van der Waals surface area contributed by atoms with Gasteiger partial charge in [0.1, 0.15) is 5.01 Å². The maximum atomic E-state index is 12.6. The Hall–Kier alpha value is -3.39. The number of nitrogens with one attached hydrogen (secondary N) is 2. The van der Waals surface area contributed by atoms with Crippen molar-refractivity contribution >= 4 is 39.0 Å². The Balaban J connectivity index is 1.41. The van der Waals surface area contributed by atoms with Gasteiger partial charge in [-0.25, -0.2) is 9.78 Å². The van der Waals surface area contributed by atoms with Crippen LogP contribution in [-0.2, 0) is 6.18 Å². The van der Waals surface area contributed by atoms with E-state index in [1.807, 2.05) is 36.4 Å². The number of carbonyl (C=O) groups excluding carboxylic acids is 1. The molecule has 4 aromatic rings. The molecule has 0 bridgehead atoms. The third-order valence-corrected chi connectivity index (χ3v) is 5.24. The highest BCUT2D eigenvalue weighted by molar-refractivity contribution is 7.21. The van der Waals surface area contributed by atoms with E-state index < -0.39 is 17.8 Å². The molecule has 0 aliphatic rings. The van der Waals surface area contributed by atoms with Gasteiger partial charge in [0, 0.05) is 16.9 Å². The molecule has 4 rings (SSSR count). The van der Waals surface area contributed by atoms with Gasteiger partial charge in [-0.15, -0.1) is 11.3 Å². The Morgan fingerprint density at radius 2 is 1.41 bits per heavy atom. The fourth-order valence-corrected chi connectivity index (χ4v) is 3.70. The number of nitrogens with zero attached hydrogens (tertiary/aromatic N) is 1. The molecule has 3 aromatic carbocycles. The minimum absolute atomic E-state index is 0.265. The summed E-state index contributed by atoms with van der Waals surface area (Å²) in [6, 6.07) is 18.8. The van der Waals surface area contributed by atoms with Crippen LogP contribution in [0.1, 0.15) is 5.56 Å². The molecule has 2 amide bonds. The summed E-state index contributed by atoms with van der Waals surface area (Å²) < 4.78 is 38.8. The van der Waals surface area contributed by atoms with Crippen molar-refractivity contribution in [1.82, 2.24) is 4.98 Å². The summed E-state index contributed by atoms with van der Waals surface area (Å²) in [5.41, 5.74) is 1.92. The highest BCUT2D eigenvalue weighted by atomic mass is 32.1. The molecule has 4 nitrogen and oxygen atoms in total. The van der Waals surface area contributed by atoms with E-state index in [0.717, 1.165) is 32.9 Å². The van der Waals surface area contributed by atoms with Crippen LogP contribution in [0, 0.1) is 0 Å². The van der Waals surface area contributed by atoms with Gasteiger partial charge in [0.25, 0.3) is 0 Å². The number of hydrogen-bond donors (Lipinski definition) is 2. The first-order chi connectivity index (χ1) is 13.9. The van der Waals surface area contributed by atoms with Crippen molar-refractivity contribution in [1.29, 1.82) is 0 Å². The molecule has 8 heteroatoms. The van der Waals surface area contributed by atoms with Crippen LogP contribution in [0.4, 0.5) is 29.3 Å². The van der Waals surface area contributed by atoms with Gasteiger partial charge in [-0.3, -0.25) is 0 Å². The molecule has 0 unspecified atom stereocenters. The molecule has 0 fully saturated rings. The Labute approximate surface area is 168 Å². The van der Waals surface area contributed by atoms with Crippen LogP contribution in [-0.4, -0.2) is 11.0 Å². The van der Waals surface area contributed by atoms with Crippen LogP contribution in [0.25, 0.3) is 20.8 Å². The summed E-state index contributed by atoms with van der Waals surface area (Å²) in [6.45, 7) is 0. The molecule has 1 heterocycles. The SMILES string of the molecule is O=C(Nc1ccc(-c2nc3ccccc3s2)cc1)Nc1ccc(C(F)(F)F)cc1. The predicted molar refractivity (Wildman–Crippen MR) is 109 cm³/mol. The second-order valence-corrected chi connectivity index (χ2v) is 7.25. The predicted octanol–water partition coefficient (Wildman–Crippen LogP) is 6.63. The van der Waals surface area contributed by atoms with Gasteiger partial charge in [0.05, 0.1) is 15.8 Å². The fraction of sp³-hybridized carbons (Fsp3) is 0.0476. The monoisotopic (exact) mass is 413 g/mol. The van der Waals surface area contributed by atoms with Gasteiger partial charge in [-0.05, 0) is 60.7 Å². The molecule has 0 saturated carbocycles. The summed E-state index contributed by atoms with van der Waals surface area (Å²) in [6.07, 6.45) is -4.41. The molecular weight excluding hydrogens is 399 g/mol. The number of aromatic nitrogens is 1. The number of alkyl halides is 3. The first-order valence-electron chi connectivity index (χ1n) is 8.60. The third kappa shape index (κ3) is 4.38. The van der Waals surface area contributed by atoms with Gasteiger partial charge in [-0.2, -0.15) is 13.2 Å². The lowest BCUT2D eigenvalue weighted by Gasteiger charge is -2.10. The zero-order valence-corrected chi connectivity index (χ0v) is 15.6. The van der Waals surface area contributed by atoms with Crippen LogP contribution in [0.15, 0.2) is 72.8 Å². The number of hydrogen-bond acceptors (Lipinski definition) is 3. The average molecular weight is 413 g/mol. The van der Waals surface area contributed by atoms with E-state index in [9.17, 15) is 18.0 Å². The first kappa shape index (κ1) is 18.9. The number of para-hydroxylation sites is 1. The van der Waals surface area contributed by atoms with Crippen molar-refractivity contribution in [2.24, 2.45) is 0 Å². The minimum Gasteiger partial charge on any atom is -0.308 e. The molecule has 0 atom stereocenters. The van der Waals surface area contributed by atoms with Crippen molar-refractivity contribution < 1.29 is 18.0 Å². The fourth-order valence-electron chi connectivity index (χ4n) is 2.73. The number of fused-ring (bicyclic) bond motifs is 1. The zero-order valence-electron chi connectivity index (χ0n) is 14.8. The van der Waals surface area contributed by atoms with Crippen molar-refractivity contribution in [3.8, 4) is 10.6 Å². The number of carbonyl (C=O) groups is 1. The van der Waals surface area contributed by atoms with E-state index in [-0.39, 0.29) is 5.69 Å². The second-order valence-electron chi connectivity index (χ2n) is 6.22. The van der Waals surface area contributed by atoms with Crippen LogP contribution >= 0.6 is 11.3 Å². The highest BCUT2D eigenvalue weighted by Gasteiger charge is 2.29. The zero-order chi connectivity index (χ0) is 20.4. The number of anilines is 2. The van der Waals surface area contributed by atoms with Crippen LogP contribution < -0.4 is 10.6 Å². The first-order valence-corrected chi connectivity index (χ1v) is 9.41. The third-order valence-electron chi connectivity index (χ3n) is 4.15. The Bertz CT molecular complexity index is 1120. The molecule has 2 N–H and O–H groups in total. The number of halogens is 3. The van der Waals surface area contributed by atoms with Gasteiger partial charge < -0.3 is 10.6 Å². The van der Waals surface area contributed by atoms with Crippen molar-refractivity contribution in [2.75, 3.05) is 10.6 Å². The lowest BCUT2D eigenvalue weighted by molar-refractivity contribution is -0.137. The summed E-state index contributed by atoms with van der Waals surface area (Å²) in [4.78, 5) is 16.7. The molecule has 0 aliphatic carbocycles. The summed E-state index contributed by atoms with van der Waals surface area (Å²) in [7, 11) is 0. The molecule has 0 radical (unpaired) electrons. The lowest BCUT2D eigenvalue weighted by atomic mass is 10.2. The van der Waals surface area contributed by atoms with Gasteiger partial charge in [0.15, 0.2) is 0 Å². The van der Waals surface area contributed by atoms with E-state index in [2.05, 4.69) is 15.6 Å². The largest absolute Gasteiger partial charge is 0.416 e. The molecule has 1 aromatic heterocycles. The van der Waals surface area contributed by atoms with E-state index in [1.165, 1.54) is 12.1 Å². The van der Waals surface area contributed by atoms with Gasteiger partial charge >= 0.3 is 12.2 Å². The summed E-state index contributed by atoms with van der Waals surface area (Å²) in [5, 5.41) is 6.04. The molecule has 0 spiro atoms. The number of thiazole rings is 1. The van der Waals surface area contributed by atoms with Crippen molar-refractivity contribution in [3.05, 3.63) is 78.4 Å². The number of rotatable bonds is 3. The Kier molecular flexibility index (Phi) is 4.94. The minimum atomic E-state index is -4.41.